The Morgan fingerprint density at radius 2 is 2.12 bits per heavy atom. The van der Waals surface area contributed by atoms with Crippen molar-refractivity contribution in [1.82, 2.24) is 10.9 Å². The van der Waals surface area contributed by atoms with E-state index in [1.54, 1.807) is 0 Å². The van der Waals surface area contributed by atoms with E-state index in [1.165, 1.54) is 0 Å². The fourth-order valence-electron chi connectivity index (χ4n) is 0.664. The largest absolute Gasteiger partial charge is 0.396 e. The lowest BCUT2D eigenvalue weighted by Gasteiger charge is -1.99. The highest BCUT2D eigenvalue weighted by Crippen LogP contribution is 2.14. The Kier molecular flexibility index (Phi) is 1.51. The molecule has 1 aliphatic rings. The summed E-state index contributed by atoms with van der Waals surface area (Å²) >= 11 is 0. The Bertz CT molecular complexity index is 80.5. The standard InChI is InChI=1S/C5H12N2O/c1-5(6-7-5)3-2-4-8/h6-8H,2-4H2,1H3. The predicted octanol–water partition coefficient (Wildman–Crippen LogP) is -0.417. The Morgan fingerprint density at radius 3 is 2.50 bits per heavy atom. The van der Waals surface area contributed by atoms with E-state index in [0.29, 0.717) is 6.61 Å². The van der Waals surface area contributed by atoms with Gasteiger partial charge in [-0.05, 0) is 19.8 Å². The first-order valence-electron chi connectivity index (χ1n) is 2.92. The van der Waals surface area contributed by atoms with Crippen LogP contribution in [0.2, 0.25) is 0 Å². The lowest BCUT2D eigenvalue weighted by Crippen LogP contribution is -2.11. The van der Waals surface area contributed by atoms with Gasteiger partial charge in [-0.25, -0.2) is 10.9 Å². The normalized spacial score (nSPS) is 23.2. The average Bonchev–Trinajstić information content (AvgIpc) is 2.45. The van der Waals surface area contributed by atoms with Crippen LogP contribution in [-0.2, 0) is 0 Å². The van der Waals surface area contributed by atoms with Gasteiger partial charge in [-0.1, -0.05) is 0 Å². The minimum absolute atomic E-state index is 0.142. The van der Waals surface area contributed by atoms with Crippen molar-refractivity contribution in [3.8, 4) is 0 Å². The molecule has 1 aliphatic heterocycles. The fourth-order valence-corrected chi connectivity index (χ4v) is 0.664. The average molecular weight is 116 g/mol. The number of rotatable bonds is 3. The van der Waals surface area contributed by atoms with Crippen LogP contribution in [0.1, 0.15) is 19.8 Å². The molecule has 0 bridgehead atoms. The number of nitrogens with one attached hydrogen (secondary N) is 2. The molecule has 0 atom stereocenters. The highest BCUT2D eigenvalue weighted by atomic mass is 16.3. The number of hydrazine groups is 1. The van der Waals surface area contributed by atoms with Gasteiger partial charge in [0.05, 0.1) is 5.66 Å². The maximum atomic E-state index is 8.40. The van der Waals surface area contributed by atoms with Crippen LogP contribution in [-0.4, -0.2) is 17.4 Å². The van der Waals surface area contributed by atoms with Gasteiger partial charge >= 0.3 is 0 Å². The third-order valence-corrected chi connectivity index (χ3v) is 1.39. The van der Waals surface area contributed by atoms with E-state index >= 15 is 0 Å². The summed E-state index contributed by atoms with van der Waals surface area (Å²) in [7, 11) is 0. The van der Waals surface area contributed by atoms with Crippen molar-refractivity contribution in [2.24, 2.45) is 0 Å². The zero-order chi connectivity index (χ0) is 6.04. The molecule has 0 unspecified atom stereocenters. The van der Waals surface area contributed by atoms with Crippen LogP contribution in [0.5, 0.6) is 0 Å². The maximum Gasteiger partial charge on any atom is 0.0916 e. The van der Waals surface area contributed by atoms with Crippen LogP contribution in [0.3, 0.4) is 0 Å². The smallest absolute Gasteiger partial charge is 0.0916 e. The molecule has 48 valence electrons. The molecule has 0 spiro atoms. The molecule has 1 rings (SSSR count). The second-order valence-electron chi connectivity index (χ2n) is 2.41. The summed E-state index contributed by atoms with van der Waals surface area (Å²) in [4.78, 5) is 0. The van der Waals surface area contributed by atoms with Crippen LogP contribution >= 0.6 is 0 Å². The van der Waals surface area contributed by atoms with E-state index in [-0.39, 0.29) is 5.66 Å². The van der Waals surface area contributed by atoms with E-state index in [4.69, 9.17) is 5.11 Å². The van der Waals surface area contributed by atoms with Crippen molar-refractivity contribution < 1.29 is 5.11 Å². The number of aliphatic hydroxyl groups is 1. The molecule has 0 radical (unpaired) electrons. The molecule has 3 heteroatoms. The third kappa shape index (κ3) is 1.43. The van der Waals surface area contributed by atoms with Gasteiger partial charge in [0.25, 0.3) is 0 Å². The molecule has 1 heterocycles. The quantitative estimate of drug-likeness (QED) is 0.439. The Balaban J connectivity index is 2.01. The second kappa shape index (κ2) is 2.01. The molecule has 1 fully saturated rings. The van der Waals surface area contributed by atoms with Gasteiger partial charge in [0, 0.05) is 6.61 Å². The van der Waals surface area contributed by atoms with Gasteiger partial charge in [0.2, 0.25) is 0 Å². The summed E-state index contributed by atoms with van der Waals surface area (Å²) < 4.78 is 0. The molecular formula is C5H12N2O. The number of hydrogen-bond acceptors (Lipinski definition) is 3. The molecule has 8 heavy (non-hydrogen) atoms. The Hall–Kier alpha value is -0.120. The molecule has 0 aromatic heterocycles. The summed E-state index contributed by atoms with van der Waals surface area (Å²) in [6.45, 7) is 2.36. The summed E-state index contributed by atoms with van der Waals surface area (Å²) in [5.41, 5.74) is 6.11. The second-order valence-corrected chi connectivity index (χ2v) is 2.41. The molecule has 0 amide bonds. The first kappa shape index (κ1) is 6.01. The van der Waals surface area contributed by atoms with E-state index in [9.17, 15) is 0 Å². The molecule has 0 saturated carbocycles. The SMILES string of the molecule is CC1(CCCO)NN1. The van der Waals surface area contributed by atoms with E-state index in [1.807, 2.05) is 0 Å². The first-order chi connectivity index (χ1) is 3.77. The van der Waals surface area contributed by atoms with E-state index < -0.39 is 0 Å². The summed E-state index contributed by atoms with van der Waals surface area (Å²) in [5, 5.41) is 8.40. The molecular weight excluding hydrogens is 104 g/mol. The zero-order valence-electron chi connectivity index (χ0n) is 5.07. The van der Waals surface area contributed by atoms with Crippen molar-refractivity contribution in [3.05, 3.63) is 0 Å². The monoisotopic (exact) mass is 116 g/mol. The lowest BCUT2D eigenvalue weighted by molar-refractivity contribution is 0.277. The van der Waals surface area contributed by atoms with E-state index in [2.05, 4.69) is 17.8 Å². The minimum atomic E-state index is 0.142. The minimum Gasteiger partial charge on any atom is -0.396 e. The molecule has 3 N–H and O–H groups in total. The highest BCUT2D eigenvalue weighted by molar-refractivity contribution is 4.88. The van der Waals surface area contributed by atoms with Gasteiger partial charge in [0.1, 0.15) is 0 Å². The Labute approximate surface area is 49.1 Å². The number of aliphatic hydroxyl groups excluding tert-OH is 1. The van der Waals surface area contributed by atoms with Gasteiger partial charge in [-0.3, -0.25) is 0 Å². The third-order valence-electron chi connectivity index (χ3n) is 1.39. The van der Waals surface area contributed by atoms with Crippen molar-refractivity contribution in [2.45, 2.75) is 25.4 Å². The predicted molar refractivity (Wildman–Crippen MR) is 31.0 cm³/mol. The van der Waals surface area contributed by atoms with Crippen LogP contribution in [0.4, 0.5) is 0 Å². The molecule has 0 aromatic carbocycles. The van der Waals surface area contributed by atoms with Crippen LogP contribution < -0.4 is 10.9 Å². The van der Waals surface area contributed by atoms with Crippen LogP contribution in [0.15, 0.2) is 0 Å². The lowest BCUT2D eigenvalue weighted by atomic mass is 10.1. The van der Waals surface area contributed by atoms with Gasteiger partial charge in [0.15, 0.2) is 0 Å². The van der Waals surface area contributed by atoms with Crippen molar-refractivity contribution in [2.75, 3.05) is 6.61 Å². The van der Waals surface area contributed by atoms with Gasteiger partial charge in [-0.2, -0.15) is 0 Å². The number of hydrogen-bond donors (Lipinski definition) is 3. The molecule has 1 saturated heterocycles. The zero-order valence-corrected chi connectivity index (χ0v) is 5.07. The molecule has 0 aromatic rings. The van der Waals surface area contributed by atoms with Crippen molar-refractivity contribution in [3.63, 3.8) is 0 Å². The maximum absolute atomic E-state index is 8.40. The summed E-state index contributed by atoms with van der Waals surface area (Å²) in [5.74, 6) is 0. The van der Waals surface area contributed by atoms with Crippen LogP contribution in [0, 0.1) is 0 Å². The summed E-state index contributed by atoms with van der Waals surface area (Å²) in [6, 6.07) is 0. The summed E-state index contributed by atoms with van der Waals surface area (Å²) in [6.07, 6.45) is 1.88. The van der Waals surface area contributed by atoms with Crippen LogP contribution in [0.25, 0.3) is 0 Å². The molecule has 0 aliphatic carbocycles. The van der Waals surface area contributed by atoms with Gasteiger partial charge < -0.3 is 5.11 Å². The topological polar surface area (TPSA) is 64.1 Å². The van der Waals surface area contributed by atoms with Gasteiger partial charge in [-0.15, -0.1) is 0 Å². The highest BCUT2D eigenvalue weighted by Gasteiger charge is 2.34. The van der Waals surface area contributed by atoms with Crippen molar-refractivity contribution >= 4 is 0 Å². The first-order valence-corrected chi connectivity index (χ1v) is 2.92. The molecule has 3 nitrogen and oxygen atoms in total. The van der Waals surface area contributed by atoms with Crippen molar-refractivity contribution in [1.29, 1.82) is 0 Å². The fraction of sp³-hybridized carbons (Fsp3) is 1.00. The Morgan fingerprint density at radius 1 is 1.50 bits per heavy atom. The van der Waals surface area contributed by atoms with E-state index in [0.717, 1.165) is 12.8 Å².